The fourth-order valence-corrected chi connectivity index (χ4v) is 2.14. The van der Waals surface area contributed by atoms with E-state index in [1.807, 2.05) is 0 Å². The van der Waals surface area contributed by atoms with Crippen LogP contribution in [0.1, 0.15) is 56.7 Å². The summed E-state index contributed by atoms with van der Waals surface area (Å²) in [6.45, 7) is 10.9. The number of hydrogen-bond acceptors (Lipinski definition) is 0. The maximum absolute atomic E-state index is 4.17. The summed E-state index contributed by atoms with van der Waals surface area (Å²) in [5, 5.41) is 0. The third kappa shape index (κ3) is 3.23. The number of benzene rings is 1. The van der Waals surface area contributed by atoms with E-state index < -0.39 is 0 Å². The van der Waals surface area contributed by atoms with E-state index in [0.717, 1.165) is 12.8 Å². The molecule has 0 aliphatic carbocycles. The van der Waals surface area contributed by atoms with Crippen LogP contribution in [0.3, 0.4) is 0 Å². The van der Waals surface area contributed by atoms with E-state index in [0.29, 0.717) is 0 Å². The van der Waals surface area contributed by atoms with E-state index in [1.54, 1.807) is 0 Å². The van der Waals surface area contributed by atoms with Crippen molar-refractivity contribution >= 4 is 5.57 Å². The zero-order valence-electron chi connectivity index (χ0n) is 11.0. The van der Waals surface area contributed by atoms with Crippen LogP contribution in [0.4, 0.5) is 0 Å². The lowest BCUT2D eigenvalue weighted by Gasteiger charge is -2.11. The molecule has 0 saturated heterocycles. The highest BCUT2D eigenvalue weighted by atomic mass is 14.1. The van der Waals surface area contributed by atoms with E-state index >= 15 is 0 Å². The van der Waals surface area contributed by atoms with E-state index in [-0.39, 0.29) is 0 Å². The minimum Gasteiger partial charge on any atom is -0.0952 e. The highest BCUT2D eigenvalue weighted by molar-refractivity contribution is 5.64. The number of aryl methyl sites for hydroxylation is 2. The van der Waals surface area contributed by atoms with E-state index in [4.69, 9.17) is 0 Å². The molecule has 0 N–H and O–H groups in total. The van der Waals surface area contributed by atoms with Crippen molar-refractivity contribution in [2.45, 2.75) is 52.9 Å². The molecule has 0 aromatic heterocycles. The van der Waals surface area contributed by atoms with Gasteiger partial charge in [0.2, 0.25) is 0 Å². The van der Waals surface area contributed by atoms with Gasteiger partial charge in [-0.25, -0.2) is 0 Å². The number of allylic oxidation sites excluding steroid dienone is 1. The number of rotatable bonds is 6. The third-order valence-corrected chi connectivity index (χ3v) is 3.07. The Labute approximate surface area is 100 Å². The molecular formula is C16H24. The molecule has 0 heteroatoms. The Kier molecular flexibility index (Phi) is 5.31. The van der Waals surface area contributed by atoms with Gasteiger partial charge in [-0.15, -0.1) is 0 Å². The standard InChI is InChI=1S/C16H24/c1-5-8-13(4)15-11-10-14(7-3)16(12-15)9-6-2/h10-12H,4-9H2,1-3H3. The predicted octanol–water partition coefficient (Wildman–Crippen LogP) is 5.01. The van der Waals surface area contributed by atoms with Gasteiger partial charge in [-0.2, -0.15) is 0 Å². The zero-order valence-corrected chi connectivity index (χ0v) is 11.0. The average Bonchev–Trinajstić information content (AvgIpc) is 2.29. The topological polar surface area (TPSA) is 0 Å². The van der Waals surface area contributed by atoms with Crippen LogP contribution in [-0.4, -0.2) is 0 Å². The molecule has 0 radical (unpaired) electrons. The Hall–Kier alpha value is -1.04. The van der Waals surface area contributed by atoms with Crippen LogP contribution in [0.25, 0.3) is 5.57 Å². The smallest absolute Gasteiger partial charge is 0.0228 e. The van der Waals surface area contributed by atoms with Crippen LogP contribution >= 0.6 is 0 Å². The summed E-state index contributed by atoms with van der Waals surface area (Å²) in [6.07, 6.45) is 5.83. The van der Waals surface area contributed by atoms with E-state index in [1.165, 1.54) is 41.5 Å². The minimum absolute atomic E-state index is 1.11. The van der Waals surface area contributed by atoms with Gasteiger partial charge in [0, 0.05) is 0 Å². The van der Waals surface area contributed by atoms with Gasteiger partial charge in [0.25, 0.3) is 0 Å². The van der Waals surface area contributed by atoms with Crippen molar-refractivity contribution < 1.29 is 0 Å². The van der Waals surface area contributed by atoms with Gasteiger partial charge in [0.05, 0.1) is 0 Å². The number of hydrogen-bond donors (Lipinski definition) is 0. The predicted molar refractivity (Wildman–Crippen MR) is 73.8 cm³/mol. The molecule has 0 fully saturated rings. The minimum atomic E-state index is 1.11. The lowest BCUT2D eigenvalue weighted by Crippen LogP contribution is -1.94. The van der Waals surface area contributed by atoms with E-state index in [2.05, 4.69) is 45.5 Å². The van der Waals surface area contributed by atoms with Crippen molar-refractivity contribution in [1.29, 1.82) is 0 Å². The van der Waals surface area contributed by atoms with Gasteiger partial charge in [-0.05, 0) is 41.5 Å². The summed E-state index contributed by atoms with van der Waals surface area (Å²) >= 11 is 0. The first kappa shape index (κ1) is 13.0. The Morgan fingerprint density at radius 3 is 2.38 bits per heavy atom. The molecule has 0 bridgehead atoms. The second kappa shape index (κ2) is 6.52. The van der Waals surface area contributed by atoms with Crippen molar-refractivity contribution in [1.82, 2.24) is 0 Å². The summed E-state index contributed by atoms with van der Waals surface area (Å²) in [4.78, 5) is 0. The first-order chi connectivity index (χ1) is 7.72. The highest BCUT2D eigenvalue weighted by Gasteiger charge is 2.04. The van der Waals surface area contributed by atoms with E-state index in [9.17, 15) is 0 Å². The first-order valence-electron chi connectivity index (χ1n) is 6.52. The molecule has 0 aliphatic rings. The zero-order chi connectivity index (χ0) is 12.0. The molecule has 1 aromatic carbocycles. The Morgan fingerprint density at radius 1 is 1.06 bits per heavy atom. The molecule has 0 saturated carbocycles. The summed E-state index contributed by atoms with van der Waals surface area (Å²) in [6, 6.07) is 6.86. The Bertz CT molecular complexity index is 347. The monoisotopic (exact) mass is 216 g/mol. The molecule has 0 atom stereocenters. The third-order valence-electron chi connectivity index (χ3n) is 3.07. The molecule has 0 aliphatic heterocycles. The van der Waals surface area contributed by atoms with Crippen molar-refractivity contribution in [3.8, 4) is 0 Å². The van der Waals surface area contributed by atoms with Crippen molar-refractivity contribution in [2.75, 3.05) is 0 Å². The van der Waals surface area contributed by atoms with Crippen LogP contribution < -0.4 is 0 Å². The second-order valence-corrected chi connectivity index (χ2v) is 4.44. The van der Waals surface area contributed by atoms with Gasteiger partial charge >= 0.3 is 0 Å². The first-order valence-corrected chi connectivity index (χ1v) is 6.52. The maximum Gasteiger partial charge on any atom is -0.0228 e. The van der Waals surface area contributed by atoms with Crippen molar-refractivity contribution in [3.05, 3.63) is 41.5 Å². The van der Waals surface area contributed by atoms with Gasteiger partial charge in [0.1, 0.15) is 0 Å². The molecule has 0 amide bonds. The van der Waals surface area contributed by atoms with Crippen LogP contribution in [0.2, 0.25) is 0 Å². The summed E-state index contributed by atoms with van der Waals surface area (Å²) in [5.74, 6) is 0. The van der Waals surface area contributed by atoms with Crippen molar-refractivity contribution in [2.24, 2.45) is 0 Å². The summed E-state index contributed by atoms with van der Waals surface area (Å²) in [7, 11) is 0. The lowest BCUT2D eigenvalue weighted by atomic mass is 9.94. The summed E-state index contributed by atoms with van der Waals surface area (Å²) < 4.78 is 0. The molecule has 16 heavy (non-hydrogen) atoms. The van der Waals surface area contributed by atoms with Crippen LogP contribution in [0, 0.1) is 0 Å². The molecule has 88 valence electrons. The molecule has 0 heterocycles. The average molecular weight is 216 g/mol. The SMILES string of the molecule is C=C(CCC)c1ccc(CC)c(CCC)c1. The second-order valence-electron chi connectivity index (χ2n) is 4.44. The van der Waals surface area contributed by atoms with Gasteiger partial charge in [-0.1, -0.05) is 58.4 Å². The van der Waals surface area contributed by atoms with Crippen molar-refractivity contribution in [3.63, 3.8) is 0 Å². The quantitative estimate of drug-likeness (QED) is 0.626. The molecule has 0 unspecified atom stereocenters. The van der Waals surface area contributed by atoms with Gasteiger partial charge < -0.3 is 0 Å². The molecular weight excluding hydrogens is 192 g/mol. The fraction of sp³-hybridized carbons (Fsp3) is 0.500. The summed E-state index contributed by atoms with van der Waals surface area (Å²) in [5.41, 5.74) is 5.62. The van der Waals surface area contributed by atoms with Gasteiger partial charge in [-0.3, -0.25) is 0 Å². The molecule has 1 rings (SSSR count). The lowest BCUT2D eigenvalue weighted by molar-refractivity contribution is 0.897. The Morgan fingerprint density at radius 2 is 1.81 bits per heavy atom. The molecule has 1 aromatic rings. The largest absolute Gasteiger partial charge is 0.0952 e. The fourth-order valence-electron chi connectivity index (χ4n) is 2.14. The molecule has 0 nitrogen and oxygen atoms in total. The normalized spacial score (nSPS) is 10.4. The Balaban J connectivity index is 2.96. The highest BCUT2D eigenvalue weighted by Crippen LogP contribution is 2.22. The maximum atomic E-state index is 4.17. The van der Waals surface area contributed by atoms with Crippen LogP contribution in [0.15, 0.2) is 24.8 Å². The van der Waals surface area contributed by atoms with Crippen LogP contribution in [0.5, 0.6) is 0 Å². The molecule has 0 spiro atoms. The van der Waals surface area contributed by atoms with Crippen LogP contribution in [-0.2, 0) is 12.8 Å². The van der Waals surface area contributed by atoms with Gasteiger partial charge in [0.15, 0.2) is 0 Å².